The van der Waals surface area contributed by atoms with Gasteiger partial charge in [-0.05, 0) is 49.8 Å². The summed E-state index contributed by atoms with van der Waals surface area (Å²) in [5.74, 6) is 1.09. The summed E-state index contributed by atoms with van der Waals surface area (Å²) in [6.45, 7) is 2.45. The summed E-state index contributed by atoms with van der Waals surface area (Å²) >= 11 is 0. The number of nitrogens with one attached hydrogen (secondary N) is 2. The monoisotopic (exact) mass is 328 g/mol. The molecule has 0 spiro atoms. The van der Waals surface area contributed by atoms with Gasteiger partial charge in [-0.15, -0.1) is 0 Å². The maximum atomic E-state index is 12.6. The van der Waals surface area contributed by atoms with Crippen molar-refractivity contribution >= 4 is 11.8 Å². The molecule has 2 amide bonds. The van der Waals surface area contributed by atoms with Gasteiger partial charge in [0.05, 0.1) is 6.04 Å². The molecule has 0 radical (unpaired) electrons. The van der Waals surface area contributed by atoms with Gasteiger partial charge >= 0.3 is 0 Å². The summed E-state index contributed by atoms with van der Waals surface area (Å²) in [5, 5.41) is 6.52. The molecule has 2 N–H and O–H groups in total. The van der Waals surface area contributed by atoms with Crippen LogP contribution < -0.4 is 10.6 Å². The number of carbonyl (C=O) groups is 2. The van der Waals surface area contributed by atoms with E-state index in [-0.39, 0.29) is 17.9 Å². The maximum absolute atomic E-state index is 12.6. The molecule has 4 rings (SSSR count). The molecule has 0 unspecified atom stereocenters. The fraction of sp³-hybridized carbons (Fsp3) is 0.611. The molecule has 3 aliphatic heterocycles. The van der Waals surface area contributed by atoms with Gasteiger partial charge in [-0.25, -0.2) is 0 Å². The second kappa shape index (κ2) is 6.51. The normalized spacial score (nSPS) is 32.2. The van der Waals surface area contributed by atoms with Crippen molar-refractivity contribution < 1.29 is 9.59 Å². The van der Waals surface area contributed by atoms with Gasteiger partial charge in [-0.3, -0.25) is 14.6 Å². The molecule has 4 atom stereocenters. The highest BCUT2D eigenvalue weighted by molar-refractivity contribution is 5.92. The van der Waals surface area contributed by atoms with Crippen LogP contribution in [0.1, 0.15) is 36.2 Å². The topological polar surface area (TPSA) is 74.3 Å². The molecule has 6 nitrogen and oxygen atoms in total. The van der Waals surface area contributed by atoms with Crippen LogP contribution >= 0.6 is 0 Å². The lowest BCUT2D eigenvalue weighted by Gasteiger charge is -2.54. The number of rotatable bonds is 3. The first-order valence-electron chi connectivity index (χ1n) is 8.95. The van der Waals surface area contributed by atoms with Crippen molar-refractivity contribution in [1.82, 2.24) is 20.5 Å². The second-order valence-electron chi connectivity index (χ2n) is 7.17. The van der Waals surface area contributed by atoms with Crippen LogP contribution in [0.5, 0.6) is 0 Å². The molecule has 0 aliphatic carbocycles. The standard InChI is InChI=1S/C18H24N4O2/c23-17-6-3-5-15-12-8-13(10-19-9-12)16(22(15)17)11-21-18(24)14-4-1-2-7-20-14/h1-2,4,7,12-13,15-16,19H,3,5-6,8-11H2,(H,21,24)/t12-,13+,15+,16+/m1/s1. The largest absolute Gasteiger partial charge is 0.349 e. The molecule has 24 heavy (non-hydrogen) atoms. The van der Waals surface area contributed by atoms with Gasteiger partial charge in [0.15, 0.2) is 0 Å². The van der Waals surface area contributed by atoms with Gasteiger partial charge in [0, 0.05) is 31.7 Å². The van der Waals surface area contributed by atoms with Gasteiger partial charge in [0.25, 0.3) is 5.91 Å². The summed E-state index contributed by atoms with van der Waals surface area (Å²) in [7, 11) is 0. The van der Waals surface area contributed by atoms with Crippen LogP contribution in [0.4, 0.5) is 0 Å². The minimum Gasteiger partial charge on any atom is -0.349 e. The summed E-state index contributed by atoms with van der Waals surface area (Å²) in [6.07, 6.45) is 5.51. The molecule has 3 fully saturated rings. The number of pyridine rings is 1. The molecule has 128 valence electrons. The first-order chi connectivity index (χ1) is 11.7. The minimum absolute atomic E-state index is 0.0968. The molecule has 3 saturated heterocycles. The summed E-state index contributed by atoms with van der Waals surface area (Å²) in [6, 6.07) is 5.75. The Morgan fingerprint density at radius 3 is 3.04 bits per heavy atom. The highest BCUT2D eigenvalue weighted by Gasteiger charge is 2.47. The number of nitrogens with zero attached hydrogens (tertiary/aromatic N) is 2. The third-order valence-corrected chi connectivity index (χ3v) is 5.77. The van der Waals surface area contributed by atoms with Crippen LogP contribution in [-0.2, 0) is 4.79 Å². The van der Waals surface area contributed by atoms with Gasteiger partial charge in [0.2, 0.25) is 5.91 Å². The van der Waals surface area contributed by atoms with Gasteiger partial charge in [0.1, 0.15) is 5.69 Å². The number of hydrogen-bond donors (Lipinski definition) is 2. The van der Waals surface area contributed by atoms with E-state index >= 15 is 0 Å². The Morgan fingerprint density at radius 2 is 2.21 bits per heavy atom. The number of carbonyl (C=O) groups excluding carboxylic acids is 2. The Labute approximate surface area is 142 Å². The van der Waals surface area contributed by atoms with Crippen molar-refractivity contribution in [1.29, 1.82) is 0 Å². The predicted octanol–water partition coefficient (Wildman–Crippen LogP) is 0.800. The second-order valence-corrected chi connectivity index (χ2v) is 7.17. The third-order valence-electron chi connectivity index (χ3n) is 5.77. The summed E-state index contributed by atoms with van der Waals surface area (Å²) < 4.78 is 0. The number of amides is 2. The fourth-order valence-corrected chi connectivity index (χ4v) is 4.68. The highest BCUT2D eigenvalue weighted by Crippen LogP contribution is 2.39. The maximum Gasteiger partial charge on any atom is 0.269 e. The smallest absolute Gasteiger partial charge is 0.269 e. The van der Waals surface area contributed by atoms with E-state index in [4.69, 9.17) is 0 Å². The van der Waals surface area contributed by atoms with Crippen molar-refractivity contribution in [3.63, 3.8) is 0 Å². The zero-order valence-electron chi connectivity index (χ0n) is 13.8. The van der Waals surface area contributed by atoms with E-state index in [1.54, 1.807) is 18.3 Å². The van der Waals surface area contributed by atoms with E-state index in [2.05, 4.69) is 20.5 Å². The Bertz CT molecular complexity index is 621. The van der Waals surface area contributed by atoms with Crippen LogP contribution in [-0.4, -0.2) is 53.4 Å². The lowest BCUT2D eigenvalue weighted by Crippen LogP contribution is -2.66. The predicted molar refractivity (Wildman–Crippen MR) is 89.3 cm³/mol. The quantitative estimate of drug-likeness (QED) is 0.861. The molecular formula is C18H24N4O2. The molecule has 4 heterocycles. The Kier molecular flexibility index (Phi) is 4.22. The Hall–Kier alpha value is -1.95. The Balaban J connectivity index is 1.49. The van der Waals surface area contributed by atoms with E-state index in [9.17, 15) is 9.59 Å². The van der Waals surface area contributed by atoms with Crippen LogP contribution in [0.2, 0.25) is 0 Å². The molecule has 2 bridgehead atoms. The van der Waals surface area contributed by atoms with Crippen molar-refractivity contribution in [2.45, 2.75) is 37.8 Å². The van der Waals surface area contributed by atoms with Gasteiger partial charge < -0.3 is 15.5 Å². The average molecular weight is 328 g/mol. The highest BCUT2D eigenvalue weighted by atomic mass is 16.2. The van der Waals surface area contributed by atoms with Crippen LogP contribution in [0.3, 0.4) is 0 Å². The van der Waals surface area contributed by atoms with Crippen molar-refractivity contribution in [3.05, 3.63) is 30.1 Å². The minimum atomic E-state index is -0.164. The van der Waals surface area contributed by atoms with Crippen molar-refractivity contribution in [2.24, 2.45) is 11.8 Å². The van der Waals surface area contributed by atoms with Crippen molar-refractivity contribution in [2.75, 3.05) is 19.6 Å². The van der Waals surface area contributed by atoms with E-state index in [0.717, 1.165) is 32.4 Å². The van der Waals surface area contributed by atoms with Crippen molar-refractivity contribution in [3.8, 4) is 0 Å². The average Bonchev–Trinajstić information content (AvgIpc) is 2.63. The SMILES string of the molecule is O=C(NC[C@H]1[C@@H]2CNC[C@@H](C2)[C@@H]2CCCC(=O)N21)c1ccccn1. The zero-order valence-corrected chi connectivity index (χ0v) is 13.8. The van der Waals surface area contributed by atoms with E-state index in [1.165, 1.54) is 0 Å². The van der Waals surface area contributed by atoms with E-state index in [1.807, 2.05) is 6.07 Å². The summed E-state index contributed by atoms with van der Waals surface area (Å²) in [5.41, 5.74) is 0.425. The van der Waals surface area contributed by atoms with E-state index < -0.39 is 0 Å². The molecule has 0 aromatic carbocycles. The first kappa shape index (κ1) is 15.6. The molecule has 1 aromatic heterocycles. The first-order valence-corrected chi connectivity index (χ1v) is 8.95. The number of piperidine rings is 3. The number of hydrogen-bond acceptors (Lipinski definition) is 4. The van der Waals surface area contributed by atoms with Gasteiger partial charge in [-0.1, -0.05) is 6.07 Å². The number of aromatic nitrogens is 1. The molecular weight excluding hydrogens is 304 g/mol. The molecule has 0 saturated carbocycles. The lowest BCUT2D eigenvalue weighted by atomic mass is 9.72. The molecule has 6 heteroatoms. The zero-order chi connectivity index (χ0) is 16.5. The number of fused-ring (bicyclic) bond motifs is 4. The third kappa shape index (κ3) is 2.79. The fourth-order valence-electron chi connectivity index (χ4n) is 4.68. The van der Waals surface area contributed by atoms with E-state index in [0.29, 0.717) is 36.5 Å². The Morgan fingerprint density at radius 1 is 1.33 bits per heavy atom. The lowest BCUT2D eigenvalue weighted by molar-refractivity contribution is -0.148. The van der Waals surface area contributed by atoms with Crippen LogP contribution in [0.25, 0.3) is 0 Å². The molecule has 3 aliphatic rings. The summed E-state index contributed by atoms with van der Waals surface area (Å²) in [4.78, 5) is 31.1. The van der Waals surface area contributed by atoms with Crippen LogP contribution in [0.15, 0.2) is 24.4 Å². The molecule has 1 aromatic rings. The van der Waals surface area contributed by atoms with Crippen LogP contribution in [0, 0.1) is 11.8 Å². The van der Waals surface area contributed by atoms with Gasteiger partial charge in [-0.2, -0.15) is 0 Å².